The standard InChI is InChI=1S/C11H19N2/c1-4-11-12-7-5-8-13(11)9-6-10(2)3/h5,7-8,10H,4,6,9H2,1-3H3/q+1. The van der Waals surface area contributed by atoms with E-state index in [1.54, 1.807) is 0 Å². The lowest BCUT2D eigenvalue weighted by Gasteiger charge is -2.04. The predicted octanol–water partition coefficient (Wildman–Crippen LogP) is 1.98. The molecular weight excluding hydrogens is 160 g/mol. The van der Waals surface area contributed by atoms with E-state index in [0.717, 1.165) is 18.9 Å². The van der Waals surface area contributed by atoms with Gasteiger partial charge in [0.05, 0.1) is 19.2 Å². The highest BCUT2D eigenvalue weighted by Crippen LogP contribution is 1.98. The summed E-state index contributed by atoms with van der Waals surface area (Å²) in [4.78, 5) is 4.34. The molecule has 1 aromatic heterocycles. The zero-order valence-corrected chi connectivity index (χ0v) is 8.83. The topological polar surface area (TPSA) is 16.8 Å². The van der Waals surface area contributed by atoms with Crippen LogP contribution in [0.4, 0.5) is 0 Å². The summed E-state index contributed by atoms with van der Waals surface area (Å²) >= 11 is 0. The van der Waals surface area contributed by atoms with Crippen molar-refractivity contribution in [2.24, 2.45) is 5.92 Å². The summed E-state index contributed by atoms with van der Waals surface area (Å²) in [5, 5.41) is 0. The molecule has 0 bridgehead atoms. The van der Waals surface area contributed by atoms with Gasteiger partial charge in [-0.3, -0.25) is 0 Å². The van der Waals surface area contributed by atoms with Gasteiger partial charge >= 0.3 is 0 Å². The van der Waals surface area contributed by atoms with Gasteiger partial charge in [0.2, 0.25) is 0 Å². The summed E-state index contributed by atoms with van der Waals surface area (Å²) in [6.07, 6.45) is 6.22. The summed E-state index contributed by atoms with van der Waals surface area (Å²) in [7, 11) is 0. The maximum absolute atomic E-state index is 4.34. The van der Waals surface area contributed by atoms with Gasteiger partial charge in [-0.2, -0.15) is 0 Å². The first-order valence-electron chi connectivity index (χ1n) is 5.07. The molecule has 0 N–H and O–H groups in total. The molecule has 0 aromatic carbocycles. The quantitative estimate of drug-likeness (QED) is 0.646. The first-order valence-corrected chi connectivity index (χ1v) is 5.07. The Morgan fingerprint density at radius 2 is 2.23 bits per heavy atom. The van der Waals surface area contributed by atoms with Gasteiger partial charge in [0, 0.05) is 6.07 Å². The molecule has 0 aliphatic heterocycles. The van der Waals surface area contributed by atoms with Crippen LogP contribution in [-0.4, -0.2) is 4.98 Å². The third kappa shape index (κ3) is 3.13. The first kappa shape index (κ1) is 10.2. The molecule has 0 aliphatic carbocycles. The van der Waals surface area contributed by atoms with E-state index in [-0.39, 0.29) is 0 Å². The number of aryl methyl sites for hydroxylation is 2. The van der Waals surface area contributed by atoms with Crippen molar-refractivity contribution < 1.29 is 4.57 Å². The SMILES string of the molecule is CCc1nccc[n+]1CCC(C)C. The smallest absolute Gasteiger partial charge is 0.235 e. The van der Waals surface area contributed by atoms with Crippen molar-refractivity contribution in [1.29, 1.82) is 0 Å². The van der Waals surface area contributed by atoms with E-state index in [2.05, 4.69) is 36.5 Å². The van der Waals surface area contributed by atoms with Gasteiger partial charge in [-0.25, -0.2) is 4.57 Å². The molecule has 1 heterocycles. The van der Waals surface area contributed by atoms with Crippen molar-refractivity contribution >= 4 is 0 Å². The monoisotopic (exact) mass is 179 g/mol. The van der Waals surface area contributed by atoms with Gasteiger partial charge < -0.3 is 0 Å². The van der Waals surface area contributed by atoms with Gasteiger partial charge in [-0.05, 0) is 12.3 Å². The third-order valence-electron chi connectivity index (χ3n) is 2.17. The molecule has 0 atom stereocenters. The number of nitrogens with zero attached hydrogens (tertiary/aromatic N) is 2. The number of rotatable bonds is 4. The highest BCUT2D eigenvalue weighted by atomic mass is 15.0. The van der Waals surface area contributed by atoms with E-state index in [1.165, 1.54) is 12.2 Å². The lowest BCUT2D eigenvalue weighted by Crippen LogP contribution is -2.39. The molecule has 2 nitrogen and oxygen atoms in total. The molecule has 1 rings (SSSR count). The third-order valence-corrected chi connectivity index (χ3v) is 2.17. The largest absolute Gasteiger partial charge is 0.297 e. The highest BCUT2D eigenvalue weighted by Gasteiger charge is 2.07. The number of aromatic nitrogens is 2. The second kappa shape index (κ2) is 4.95. The van der Waals surface area contributed by atoms with Crippen LogP contribution in [0.25, 0.3) is 0 Å². The summed E-state index contributed by atoms with van der Waals surface area (Å²) in [5.74, 6) is 1.94. The van der Waals surface area contributed by atoms with E-state index in [1.807, 2.05) is 12.3 Å². The average molecular weight is 179 g/mol. The van der Waals surface area contributed by atoms with Crippen molar-refractivity contribution in [2.75, 3.05) is 0 Å². The average Bonchev–Trinajstić information content (AvgIpc) is 2.15. The maximum atomic E-state index is 4.34. The summed E-state index contributed by atoms with van der Waals surface area (Å²) in [5.41, 5.74) is 0. The zero-order chi connectivity index (χ0) is 9.68. The van der Waals surface area contributed by atoms with E-state index in [0.29, 0.717) is 0 Å². The molecule has 1 aromatic rings. The fraction of sp³-hybridized carbons (Fsp3) is 0.636. The summed E-state index contributed by atoms with van der Waals surface area (Å²) in [6, 6.07) is 2.00. The van der Waals surface area contributed by atoms with Crippen LogP contribution in [0.15, 0.2) is 18.5 Å². The summed E-state index contributed by atoms with van der Waals surface area (Å²) in [6.45, 7) is 7.74. The Bertz CT molecular complexity index is 256. The Morgan fingerprint density at radius 1 is 1.46 bits per heavy atom. The van der Waals surface area contributed by atoms with Gasteiger partial charge in [0.1, 0.15) is 6.20 Å². The fourth-order valence-electron chi connectivity index (χ4n) is 1.33. The zero-order valence-electron chi connectivity index (χ0n) is 8.83. The Hall–Kier alpha value is -0.920. The molecule has 0 saturated heterocycles. The lowest BCUT2D eigenvalue weighted by atomic mass is 10.1. The molecule has 0 amide bonds. The van der Waals surface area contributed by atoms with Crippen LogP contribution in [0.1, 0.15) is 33.0 Å². The first-order chi connectivity index (χ1) is 6.24. The molecule has 72 valence electrons. The fourth-order valence-corrected chi connectivity index (χ4v) is 1.33. The molecule has 0 fully saturated rings. The molecule has 0 radical (unpaired) electrons. The van der Waals surface area contributed by atoms with Crippen LogP contribution >= 0.6 is 0 Å². The van der Waals surface area contributed by atoms with Gasteiger partial charge in [-0.1, -0.05) is 25.8 Å². The van der Waals surface area contributed by atoms with E-state index in [4.69, 9.17) is 0 Å². The van der Waals surface area contributed by atoms with Crippen LogP contribution < -0.4 is 4.57 Å². The number of hydrogen-bond donors (Lipinski definition) is 0. The molecule has 13 heavy (non-hydrogen) atoms. The molecular formula is C11H19N2+. The maximum Gasteiger partial charge on any atom is 0.297 e. The minimum atomic E-state index is 0.761. The summed E-state index contributed by atoms with van der Waals surface area (Å²) < 4.78 is 2.25. The Morgan fingerprint density at radius 3 is 2.85 bits per heavy atom. The molecule has 0 saturated carbocycles. The van der Waals surface area contributed by atoms with Gasteiger partial charge in [0.15, 0.2) is 0 Å². The molecule has 0 unspecified atom stereocenters. The second-order valence-electron chi connectivity index (χ2n) is 3.77. The van der Waals surface area contributed by atoms with Gasteiger partial charge in [-0.15, -0.1) is 0 Å². The van der Waals surface area contributed by atoms with Crippen molar-refractivity contribution in [3.8, 4) is 0 Å². The predicted molar refractivity (Wildman–Crippen MR) is 53.3 cm³/mol. The van der Waals surface area contributed by atoms with E-state index >= 15 is 0 Å². The highest BCUT2D eigenvalue weighted by molar-refractivity contribution is 4.79. The van der Waals surface area contributed by atoms with Crippen molar-refractivity contribution in [2.45, 2.75) is 40.2 Å². The Balaban J connectivity index is 2.64. The minimum absolute atomic E-state index is 0.761. The van der Waals surface area contributed by atoms with Crippen LogP contribution in [0.5, 0.6) is 0 Å². The van der Waals surface area contributed by atoms with Gasteiger partial charge in [0.25, 0.3) is 5.82 Å². The number of hydrogen-bond acceptors (Lipinski definition) is 1. The van der Waals surface area contributed by atoms with Crippen molar-refractivity contribution in [3.05, 3.63) is 24.3 Å². The molecule has 0 aliphatic rings. The Kier molecular flexibility index (Phi) is 3.87. The Labute approximate surface area is 80.6 Å². The van der Waals surface area contributed by atoms with Crippen LogP contribution in [-0.2, 0) is 13.0 Å². The van der Waals surface area contributed by atoms with Crippen molar-refractivity contribution in [1.82, 2.24) is 4.98 Å². The molecule has 2 heteroatoms. The lowest BCUT2D eigenvalue weighted by molar-refractivity contribution is -0.708. The van der Waals surface area contributed by atoms with Crippen molar-refractivity contribution in [3.63, 3.8) is 0 Å². The minimum Gasteiger partial charge on any atom is -0.235 e. The van der Waals surface area contributed by atoms with Crippen LogP contribution in [0, 0.1) is 5.92 Å². The molecule has 0 spiro atoms. The second-order valence-corrected chi connectivity index (χ2v) is 3.77. The van der Waals surface area contributed by atoms with E-state index < -0.39 is 0 Å². The van der Waals surface area contributed by atoms with E-state index in [9.17, 15) is 0 Å². The normalized spacial score (nSPS) is 10.8. The van der Waals surface area contributed by atoms with Crippen LogP contribution in [0.3, 0.4) is 0 Å². The van der Waals surface area contributed by atoms with Crippen LogP contribution in [0.2, 0.25) is 0 Å².